The van der Waals surface area contributed by atoms with Crippen molar-refractivity contribution in [2.75, 3.05) is 0 Å². The van der Waals surface area contributed by atoms with E-state index in [2.05, 4.69) is 0 Å². The van der Waals surface area contributed by atoms with E-state index in [1.54, 1.807) is 24.3 Å². The van der Waals surface area contributed by atoms with Gasteiger partial charge in [-0.15, -0.1) is 0 Å². The van der Waals surface area contributed by atoms with Crippen molar-refractivity contribution in [1.82, 2.24) is 0 Å². The van der Waals surface area contributed by atoms with Crippen molar-refractivity contribution in [2.24, 2.45) is 10.8 Å². The molecule has 0 amide bonds. The third-order valence-corrected chi connectivity index (χ3v) is 4.10. The van der Waals surface area contributed by atoms with Crippen molar-refractivity contribution in [3.05, 3.63) is 24.3 Å². The number of benzene rings is 1. The first-order valence-electron chi connectivity index (χ1n) is 8.67. The molecule has 0 saturated carbocycles. The number of hydrogen-bond acceptors (Lipinski definition) is 4. The van der Waals surface area contributed by atoms with Crippen LogP contribution in [-0.4, -0.2) is 11.9 Å². The van der Waals surface area contributed by atoms with E-state index in [-0.39, 0.29) is 11.9 Å². The highest BCUT2D eigenvalue weighted by Gasteiger charge is 2.30. The molecule has 134 valence electrons. The molecule has 1 rings (SSSR count). The molecule has 0 aromatic heterocycles. The summed E-state index contributed by atoms with van der Waals surface area (Å²) < 4.78 is 10.8. The van der Waals surface area contributed by atoms with Crippen LogP contribution in [0.15, 0.2) is 24.3 Å². The second-order valence-electron chi connectivity index (χ2n) is 7.52. The topological polar surface area (TPSA) is 52.6 Å². The van der Waals surface area contributed by atoms with Crippen LogP contribution in [0.25, 0.3) is 0 Å². The molecule has 24 heavy (non-hydrogen) atoms. The van der Waals surface area contributed by atoms with Gasteiger partial charge in [-0.05, 0) is 64.8 Å². The summed E-state index contributed by atoms with van der Waals surface area (Å²) in [6, 6.07) is 6.59. The van der Waals surface area contributed by atoms with Gasteiger partial charge in [0.25, 0.3) is 0 Å². The Morgan fingerprint density at radius 3 is 1.29 bits per heavy atom. The van der Waals surface area contributed by atoms with Gasteiger partial charge in [0.05, 0.1) is 10.8 Å². The van der Waals surface area contributed by atoms with E-state index in [9.17, 15) is 9.59 Å². The van der Waals surface area contributed by atoms with E-state index < -0.39 is 10.8 Å². The highest BCUT2D eigenvalue weighted by atomic mass is 16.5. The molecule has 0 saturated heterocycles. The van der Waals surface area contributed by atoms with Gasteiger partial charge in [-0.1, -0.05) is 26.7 Å². The summed E-state index contributed by atoms with van der Waals surface area (Å²) in [6.45, 7) is 11.6. The number of hydrogen-bond donors (Lipinski definition) is 0. The van der Waals surface area contributed by atoms with E-state index >= 15 is 0 Å². The van der Waals surface area contributed by atoms with Gasteiger partial charge < -0.3 is 9.47 Å². The molecule has 0 fully saturated rings. The minimum atomic E-state index is -0.510. The maximum atomic E-state index is 12.2. The van der Waals surface area contributed by atoms with Crippen molar-refractivity contribution in [3.8, 4) is 11.5 Å². The summed E-state index contributed by atoms with van der Waals surface area (Å²) in [5, 5.41) is 0. The molecule has 0 aliphatic heterocycles. The predicted octanol–water partition coefficient (Wildman–Crippen LogP) is 5.15. The zero-order valence-electron chi connectivity index (χ0n) is 15.8. The number of esters is 2. The van der Waals surface area contributed by atoms with Crippen LogP contribution in [0.1, 0.15) is 67.2 Å². The molecular weight excluding hydrogens is 304 g/mol. The van der Waals surface area contributed by atoms with E-state index in [1.807, 2.05) is 41.5 Å². The second kappa shape index (κ2) is 8.32. The van der Waals surface area contributed by atoms with Gasteiger partial charge in [-0.3, -0.25) is 9.59 Å². The van der Waals surface area contributed by atoms with Crippen LogP contribution in [0.2, 0.25) is 0 Å². The van der Waals surface area contributed by atoms with Gasteiger partial charge in [0.15, 0.2) is 0 Å². The zero-order valence-corrected chi connectivity index (χ0v) is 15.8. The monoisotopic (exact) mass is 334 g/mol. The first-order chi connectivity index (χ1) is 11.1. The molecule has 1 aromatic carbocycles. The Labute approximate surface area is 145 Å². The van der Waals surface area contributed by atoms with Crippen molar-refractivity contribution in [2.45, 2.75) is 67.2 Å². The van der Waals surface area contributed by atoms with Crippen molar-refractivity contribution < 1.29 is 19.1 Å². The molecule has 0 heterocycles. The van der Waals surface area contributed by atoms with Crippen LogP contribution in [-0.2, 0) is 9.59 Å². The van der Waals surface area contributed by atoms with Crippen LogP contribution in [0.3, 0.4) is 0 Å². The lowest BCUT2D eigenvalue weighted by molar-refractivity contribution is -0.145. The SMILES string of the molecule is CCCC(C)(C)C(=O)Oc1ccc(OC(=O)C(C)(C)CCC)cc1. The third kappa shape index (κ3) is 5.66. The van der Waals surface area contributed by atoms with Crippen LogP contribution in [0, 0.1) is 10.8 Å². The zero-order chi connectivity index (χ0) is 18.4. The van der Waals surface area contributed by atoms with Gasteiger partial charge in [-0.2, -0.15) is 0 Å². The minimum Gasteiger partial charge on any atom is -0.426 e. The van der Waals surface area contributed by atoms with E-state index in [0.29, 0.717) is 11.5 Å². The fourth-order valence-electron chi connectivity index (χ4n) is 2.52. The molecule has 1 aromatic rings. The lowest BCUT2D eigenvalue weighted by Crippen LogP contribution is -2.29. The van der Waals surface area contributed by atoms with Gasteiger partial charge in [0.1, 0.15) is 11.5 Å². The highest BCUT2D eigenvalue weighted by Crippen LogP contribution is 2.28. The number of carbonyl (C=O) groups is 2. The molecule has 0 unspecified atom stereocenters. The molecule has 4 heteroatoms. The van der Waals surface area contributed by atoms with E-state index in [1.165, 1.54) is 0 Å². The molecule has 4 nitrogen and oxygen atoms in total. The Balaban J connectivity index is 2.70. The molecule has 0 radical (unpaired) electrons. The van der Waals surface area contributed by atoms with Crippen molar-refractivity contribution in [1.29, 1.82) is 0 Å². The summed E-state index contributed by atoms with van der Waals surface area (Å²) in [4.78, 5) is 24.4. The Hall–Kier alpha value is -1.84. The standard InChI is InChI=1S/C20H30O4/c1-7-13-19(3,4)17(21)23-15-9-11-16(12-10-15)24-18(22)20(5,6)14-8-2/h9-12H,7-8,13-14H2,1-6H3. The number of rotatable bonds is 8. The fourth-order valence-corrected chi connectivity index (χ4v) is 2.52. The molecule has 0 atom stereocenters. The smallest absolute Gasteiger partial charge is 0.316 e. The van der Waals surface area contributed by atoms with Crippen LogP contribution in [0.5, 0.6) is 11.5 Å². The van der Waals surface area contributed by atoms with E-state index in [0.717, 1.165) is 25.7 Å². The molecule has 0 spiro atoms. The molecular formula is C20H30O4. The fraction of sp³-hybridized carbons (Fsp3) is 0.600. The maximum absolute atomic E-state index is 12.2. The number of ether oxygens (including phenoxy) is 2. The lowest BCUT2D eigenvalue weighted by atomic mass is 9.88. The molecule has 0 bridgehead atoms. The van der Waals surface area contributed by atoms with Crippen molar-refractivity contribution >= 4 is 11.9 Å². The largest absolute Gasteiger partial charge is 0.426 e. The summed E-state index contributed by atoms with van der Waals surface area (Å²) in [5.74, 6) is 0.407. The average molecular weight is 334 g/mol. The summed E-state index contributed by atoms with van der Waals surface area (Å²) in [6.07, 6.45) is 3.39. The molecule has 0 aliphatic carbocycles. The summed E-state index contributed by atoms with van der Waals surface area (Å²) in [7, 11) is 0. The lowest BCUT2D eigenvalue weighted by Gasteiger charge is -2.22. The maximum Gasteiger partial charge on any atom is 0.316 e. The van der Waals surface area contributed by atoms with Crippen molar-refractivity contribution in [3.63, 3.8) is 0 Å². The first-order valence-corrected chi connectivity index (χ1v) is 8.67. The van der Waals surface area contributed by atoms with Gasteiger partial charge in [0, 0.05) is 0 Å². The highest BCUT2D eigenvalue weighted by molar-refractivity contribution is 5.79. The minimum absolute atomic E-state index is 0.252. The van der Waals surface area contributed by atoms with Gasteiger partial charge in [-0.25, -0.2) is 0 Å². The second-order valence-corrected chi connectivity index (χ2v) is 7.52. The molecule has 0 N–H and O–H groups in total. The Morgan fingerprint density at radius 1 is 0.750 bits per heavy atom. The summed E-state index contributed by atoms with van der Waals surface area (Å²) in [5.41, 5.74) is -1.02. The van der Waals surface area contributed by atoms with Crippen LogP contribution >= 0.6 is 0 Å². The quantitative estimate of drug-likeness (QED) is 0.487. The van der Waals surface area contributed by atoms with E-state index in [4.69, 9.17) is 9.47 Å². The normalized spacial score (nSPS) is 11.9. The Bertz CT molecular complexity index is 505. The predicted molar refractivity (Wildman–Crippen MR) is 95.1 cm³/mol. The Kier molecular flexibility index (Phi) is 7.00. The average Bonchev–Trinajstić information content (AvgIpc) is 2.49. The first kappa shape index (κ1) is 20.2. The van der Waals surface area contributed by atoms with Gasteiger partial charge >= 0.3 is 11.9 Å². The van der Waals surface area contributed by atoms with Crippen LogP contribution in [0.4, 0.5) is 0 Å². The molecule has 0 aliphatic rings. The number of carbonyl (C=O) groups excluding carboxylic acids is 2. The van der Waals surface area contributed by atoms with Gasteiger partial charge in [0.2, 0.25) is 0 Å². The van der Waals surface area contributed by atoms with Crippen LogP contribution < -0.4 is 9.47 Å². The Morgan fingerprint density at radius 2 is 1.04 bits per heavy atom. The summed E-state index contributed by atoms with van der Waals surface area (Å²) >= 11 is 0. The third-order valence-electron chi connectivity index (χ3n) is 4.10.